The zero-order valence-corrected chi connectivity index (χ0v) is 9.17. The summed E-state index contributed by atoms with van der Waals surface area (Å²) in [5, 5.41) is 2.74. The number of anilines is 2. The average molecular weight is 245 g/mol. The second-order valence-electron chi connectivity index (χ2n) is 3.25. The summed E-state index contributed by atoms with van der Waals surface area (Å²) >= 11 is 0. The molecule has 0 aliphatic rings. The standard InChI is InChI=1S/C10H13F2N3O2/c1-15-7-3-8(17-4-9(11)12)5(10(14)16)2-6(7)13/h2-3,9,15H,4,13H2,1H3,(H2,14,16). The number of hydrogen-bond donors (Lipinski definition) is 3. The van der Waals surface area contributed by atoms with Gasteiger partial charge in [0.1, 0.15) is 12.4 Å². The smallest absolute Gasteiger partial charge is 0.272 e. The fourth-order valence-electron chi connectivity index (χ4n) is 1.28. The Kier molecular flexibility index (Phi) is 4.08. The van der Waals surface area contributed by atoms with Crippen LogP contribution in [-0.4, -0.2) is 26.0 Å². The first-order valence-electron chi connectivity index (χ1n) is 4.77. The van der Waals surface area contributed by atoms with Gasteiger partial charge in [0.25, 0.3) is 12.3 Å². The van der Waals surface area contributed by atoms with Crippen molar-refractivity contribution in [2.75, 3.05) is 24.7 Å². The van der Waals surface area contributed by atoms with E-state index in [2.05, 4.69) is 5.32 Å². The van der Waals surface area contributed by atoms with Crippen molar-refractivity contribution in [2.24, 2.45) is 5.73 Å². The lowest BCUT2D eigenvalue weighted by molar-refractivity contribution is 0.0801. The van der Waals surface area contributed by atoms with Crippen LogP contribution in [0.1, 0.15) is 10.4 Å². The number of hydrogen-bond acceptors (Lipinski definition) is 4. The van der Waals surface area contributed by atoms with Gasteiger partial charge < -0.3 is 21.5 Å². The average Bonchev–Trinajstić information content (AvgIpc) is 2.26. The lowest BCUT2D eigenvalue weighted by Crippen LogP contribution is -2.16. The fraction of sp³-hybridized carbons (Fsp3) is 0.300. The van der Waals surface area contributed by atoms with Crippen LogP contribution in [0.3, 0.4) is 0 Å². The van der Waals surface area contributed by atoms with Crippen LogP contribution in [-0.2, 0) is 0 Å². The van der Waals surface area contributed by atoms with Gasteiger partial charge in [-0.25, -0.2) is 8.78 Å². The maximum atomic E-state index is 12.0. The molecule has 0 aliphatic heterocycles. The molecule has 0 saturated heterocycles. The number of nitrogen functional groups attached to an aromatic ring is 1. The molecule has 5 N–H and O–H groups in total. The molecule has 0 saturated carbocycles. The monoisotopic (exact) mass is 245 g/mol. The molecule has 0 aliphatic carbocycles. The highest BCUT2D eigenvalue weighted by Gasteiger charge is 2.14. The molecule has 7 heteroatoms. The summed E-state index contributed by atoms with van der Waals surface area (Å²) in [6, 6.07) is 2.65. The Balaban J connectivity index is 3.10. The van der Waals surface area contributed by atoms with Gasteiger partial charge in [-0.2, -0.15) is 0 Å². The number of halogens is 2. The maximum absolute atomic E-state index is 12.0. The number of nitrogens with two attached hydrogens (primary N) is 2. The Hall–Kier alpha value is -2.05. The quantitative estimate of drug-likeness (QED) is 0.676. The molecule has 0 aromatic heterocycles. The molecule has 0 heterocycles. The summed E-state index contributed by atoms with van der Waals surface area (Å²) in [4.78, 5) is 11.1. The Morgan fingerprint density at radius 1 is 1.53 bits per heavy atom. The number of ether oxygens (including phenoxy) is 1. The van der Waals surface area contributed by atoms with Gasteiger partial charge in [0.2, 0.25) is 0 Å². The number of amides is 1. The molecular weight excluding hydrogens is 232 g/mol. The summed E-state index contributed by atoms with van der Waals surface area (Å²) in [5.41, 5.74) is 11.4. The number of nitrogens with one attached hydrogen (secondary N) is 1. The summed E-state index contributed by atoms with van der Waals surface area (Å²) < 4.78 is 28.9. The predicted molar refractivity (Wildman–Crippen MR) is 60.4 cm³/mol. The molecule has 0 fully saturated rings. The summed E-state index contributed by atoms with van der Waals surface area (Å²) in [7, 11) is 1.60. The number of alkyl halides is 2. The van der Waals surface area contributed by atoms with Crippen molar-refractivity contribution in [1.82, 2.24) is 0 Å². The Morgan fingerprint density at radius 3 is 2.65 bits per heavy atom. The van der Waals surface area contributed by atoms with E-state index < -0.39 is 18.9 Å². The van der Waals surface area contributed by atoms with E-state index in [0.717, 1.165) is 0 Å². The fourth-order valence-corrected chi connectivity index (χ4v) is 1.28. The molecule has 5 nitrogen and oxygen atoms in total. The van der Waals surface area contributed by atoms with Crippen LogP contribution in [0.2, 0.25) is 0 Å². The molecule has 0 radical (unpaired) electrons. The van der Waals surface area contributed by atoms with Gasteiger partial charge in [-0.15, -0.1) is 0 Å². The number of benzene rings is 1. The van der Waals surface area contributed by atoms with Crippen LogP contribution in [0, 0.1) is 0 Å². The third-order valence-corrected chi connectivity index (χ3v) is 2.05. The Bertz CT molecular complexity index is 424. The maximum Gasteiger partial charge on any atom is 0.272 e. The SMILES string of the molecule is CNc1cc(OCC(F)F)c(C(N)=O)cc1N. The molecule has 17 heavy (non-hydrogen) atoms. The van der Waals surface area contributed by atoms with Gasteiger partial charge in [0, 0.05) is 13.1 Å². The molecule has 1 rings (SSSR count). The lowest BCUT2D eigenvalue weighted by Gasteiger charge is -2.13. The third kappa shape index (κ3) is 3.20. The predicted octanol–water partition coefficient (Wildman–Crippen LogP) is 1.05. The number of carbonyl (C=O) groups is 1. The lowest BCUT2D eigenvalue weighted by atomic mass is 10.1. The van der Waals surface area contributed by atoms with Crippen molar-refractivity contribution < 1.29 is 18.3 Å². The zero-order valence-electron chi connectivity index (χ0n) is 9.17. The molecule has 1 aromatic rings. The van der Waals surface area contributed by atoms with Crippen LogP contribution >= 0.6 is 0 Å². The molecule has 0 atom stereocenters. The van der Waals surface area contributed by atoms with E-state index in [4.69, 9.17) is 16.2 Å². The second-order valence-corrected chi connectivity index (χ2v) is 3.25. The first kappa shape index (κ1) is 13.0. The highest BCUT2D eigenvalue weighted by atomic mass is 19.3. The van der Waals surface area contributed by atoms with E-state index in [9.17, 15) is 13.6 Å². The van der Waals surface area contributed by atoms with Crippen molar-refractivity contribution in [3.05, 3.63) is 17.7 Å². The Morgan fingerprint density at radius 2 is 2.18 bits per heavy atom. The molecule has 1 amide bonds. The van der Waals surface area contributed by atoms with E-state index >= 15 is 0 Å². The largest absolute Gasteiger partial charge is 0.487 e. The highest BCUT2D eigenvalue weighted by Crippen LogP contribution is 2.29. The molecule has 0 unspecified atom stereocenters. The number of rotatable bonds is 5. The van der Waals surface area contributed by atoms with E-state index in [0.29, 0.717) is 5.69 Å². The number of primary amides is 1. The van der Waals surface area contributed by atoms with Gasteiger partial charge in [-0.05, 0) is 6.07 Å². The van der Waals surface area contributed by atoms with E-state index in [1.165, 1.54) is 12.1 Å². The summed E-state index contributed by atoms with van der Waals surface area (Å²) in [6.07, 6.45) is -2.63. The van der Waals surface area contributed by atoms with Gasteiger partial charge >= 0.3 is 0 Å². The van der Waals surface area contributed by atoms with Gasteiger partial charge in [-0.1, -0.05) is 0 Å². The molecule has 1 aromatic carbocycles. The minimum absolute atomic E-state index is 0.0173. The first-order valence-corrected chi connectivity index (χ1v) is 4.77. The van der Waals surface area contributed by atoms with Crippen molar-refractivity contribution in [1.29, 1.82) is 0 Å². The number of carbonyl (C=O) groups excluding carboxylic acids is 1. The molecule has 0 bridgehead atoms. The minimum atomic E-state index is -2.63. The molecular formula is C10H13F2N3O2. The third-order valence-electron chi connectivity index (χ3n) is 2.05. The molecule has 94 valence electrons. The van der Waals surface area contributed by atoms with Gasteiger partial charge in [-0.3, -0.25) is 4.79 Å². The van der Waals surface area contributed by atoms with Crippen molar-refractivity contribution in [3.8, 4) is 5.75 Å². The van der Waals surface area contributed by atoms with Crippen LogP contribution in [0.25, 0.3) is 0 Å². The van der Waals surface area contributed by atoms with Crippen molar-refractivity contribution in [3.63, 3.8) is 0 Å². The van der Waals surface area contributed by atoms with Gasteiger partial charge in [0.15, 0.2) is 0 Å². The van der Waals surface area contributed by atoms with Crippen molar-refractivity contribution >= 4 is 17.3 Å². The summed E-state index contributed by atoms with van der Waals surface area (Å²) in [5.74, 6) is -0.806. The van der Waals surface area contributed by atoms with E-state index in [1.54, 1.807) is 7.05 Å². The highest BCUT2D eigenvalue weighted by molar-refractivity contribution is 5.98. The van der Waals surface area contributed by atoms with Crippen LogP contribution in [0.4, 0.5) is 20.2 Å². The Labute approximate surface area is 96.7 Å². The van der Waals surface area contributed by atoms with E-state index in [-0.39, 0.29) is 17.0 Å². The van der Waals surface area contributed by atoms with Crippen molar-refractivity contribution in [2.45, 2.75) is 6.43 Å². The normalized spacial score (nSPS) is 10.4. The van der Waals surface area contributed by atoms with Gasteiger partial charge in [0.05, 0.1) is 16.9 Å². The topological polar surface area (TPSA) is 90.4 Å². The minimum Gasteiger partial charge on any atom is -0.487 e. The first-order chi connectivity index (χ1) is 7.95. The summed E-state index contributed by atoms with van der Waals surface area (Å²) in [6.45, 7) is -0.812. The van der Waals surface area contributed by atoms with Crippen LogP contribution in [0.5, 0.6) is 5.75 Å². The van der Waals surface area contributed by atoms with Crippen LogP contribution < -0.4 is 21.5 Å². The second kappa shape index (κ2) is 5.33. The molecule has 0 spiro atoms. The van der Waals surface area contributed by atoms with Crippen LogP contribution in [0.15, 0.2) is 12.1 Å². The van der Waals surface area contributed by atoms with E-state index in [1.807, 2.05) is 0 Å². The zero-order chi connectivity index (χ0) is 13.0.